The van der Waals surface area contributed by atoms with Gasteiger partial charge in [0.15, 0.2) is 0 Å². The highest BCUT2D eigenvalue weighted by molar-refractivity contribution is 7.90. The minimum Gasteiger partial charge on any atom is -0.303 e. The molecule has 2 N–H and O–H groups in total. The van der Waals surface area contributed by atoms with E-state index in [1.807, 2.05) is 0 Å². The molecule has 0 heterocycles. The Bertz CT molecular complexity index is 1020. The molecule has 24 heteroatoms. The summed E-state index contributed by atoms with van der Waals surface area (Å²) in [6.45, 7) is -1.23. The lowest BCUT2D eigenvalue weighted by Gasteiger charge is -2.52. The molecule has 0 aromatic carbocycles. The number of hydrogen-bond acceptors (Lipinski definition) is 4. The van der Waals surface area contributed by atoms with Gasteiger partial charge in [-0.05, 0) is 6.42 Å². The molecule has 38 heavy (non-hydrogen) atoms. The van der Waals surface area contributed by atoms with Crippen molar-refractivity contribution in [1.82, 2.24) is 4.31 Å². The molecule has 0 amide bonds. The van der Waals surface area contributed by atoms with E-state index in [4.69, 9.17) is 9.79 Å². The van der Waals surface area contributed by atoms with E-state index in [1.54, 1.807) is 0 Å². The lowest BCUT2D eigenvalue weighted by molar-refractivity contribution is -0.470. The second-order valence-corrected chi connectivity index (χ2v) is 10.9. The van der Waals surface area contributed by atoms with Crippen LogP contribution in [-0.4, -0.2) is 75.8 Å². The Hall–Kier alpha value is -1.03. The van der Waals surface area contributed by atoms with Gasteiger partial charge < -0.3 is 9.79 Å². The average Bonchev–Trinajstić information content (AvgIpc) is 2.69. The number of phosphoric ester groups is 1. The van der Waals surface area contributed by atoms with E-state index >= 15 is 4.39 Å². The zero-order valence-corrected chi connectivity index (χ0v) is 19.7. The quantitative estimate of drug-likeness (QED) is 0.137. The normalized spacial score (nSPS) is 24.4. The number of phosphoric acid groups is 1. The van der Waals surface area contributed by atoms with Gasteiger partial charge in [-0.3, -0.25) is 0 Å². The molecule has 1 aliphatic rings. The molecule has 0 aliphatic heterocycles. The van der Waals surface area contributed by atoms with Crippen LogP contribution in [0.4, 0.5) is 65.9 Å². The van der Waals surface area contributed by atoms with E-state index in [1.165, 1.54) is 6.92 Å². The Morgan fingerprint density at radius 3 is 1.45 bits per heavy atom. The number of alkyl halides is 15. The van der Waals surface area contributed by atoms with Crippen molar-refractivity contribution in [3.05, 3.63) is 0 Å². The Balaban J connectivity index is 4.10. The molecule has 0 radical (unpaired) electrons. The average molecular weight is 641 g/mol. The van der Waals surface area contributed by atoms with E-state index < -0.39 is 88.3 Å². The minimum atomic E-state index is -8.80. The van der Waals surface area contributed by atoms with E-state index in [0.29, 0.717) is 0 Å². The fourth-order valence-electron chi connectivity index (χ4n) is 3.11. The minimum absolute atomic E-state index is 0.0807. The third kappa shape index (κ3) is 4.47. The van der Waals surface area contributed by atoms with Crippen LogP contribution in [0.3, 0.4) is 0 Å². The second-order valence-electron chi connectivity index (χ2n) is 7.74. The van der Waals surface area contributed by atoms with Crippen LogP contribution >= 0.6 is 7.82 Å². The third-order valence-electron chi connectivity index (χ3n) is 5.14. The van der Waals surface area contributed by atoms with Crippen molar-refractivity contribution in [2.75, 3.05) is 6.54 Å². The van der Waals surface area contributed by atoms with E-state index in [0.717, 1.165) is 0 Å². The fraction of sp³-hybridized carbons (Fsp3) is 1.00. The predicted octanol–water partition coefficient (Wildman–Crippen LogP) is 5.35. The summed E-state index contributed by atoms with van der Waals surface area (Å²) in [5, 5.41) is -8.20. The zero-order chi connectivity index (χ0) is 30.8. The molecule has 0 spiro atoms. The van der Waals surface area contributed by atoms with Crippen LogP contribution in [0.15, 0.2) is 0 Å². The molecule has 0 saturated heterocycles. The van der Waals surface area contributed by atoms with Gasteiger partial charge in [-0.15, -0.1) is 4.31 Å². The summed E-state index contributed by atoms with van der Waals surface area (Å²) in [7, 11) is -15.7. The van der Waals surface area contributed by atoms with Gasteiger partial charge in [0.1, 0.15) is 0 Å². The largest absolute Gasteiger partial charge is 0.474 e. The van der Waals surface area contributed by atoms with Crippen molar-refractivity contribution >= 4 is 17.8 Å². The molecule has 0 unspecified atom stereocenters. The summed E-state index contributed by atoms with van der Waals surface area (Å²) in [5.41, 5.74) is 0. The number of unbranched alkanes of at least 4 members (excludes halogenated alkanes) is 3. The maximum absolute atomic E-state index is 15.1. The third-order valence-corrected chi connectivity index (χ3v) is 7.83. The maximum Gasteiger partial charge on any atom is 0.474 e. The highest BCUT2D eigenvalue weighted by atomic mass is 32.2. The zero-order valence-electron chi connectivity index (χ0n) is 18.0. The van der Waals surface area contributed by atoms with Crippen molar-refractivity contribution < 1.29 is 93.1 Å². The van der Waals surface area contributed by atoms with Crippen molar-refractivity contribution in [1.29, 1.82) is 0 Å². The Morgan fingerprint density at radius 1 is 0.737 bits per heavy atom. The van der Waals surface area contributed by atoms with E-state index in [2.05, 4.69) is 4.52 Å². The van der Waals surface area contributed by atoms with Crippen LogP contribution < -0.4 is 0 Å². The van der Waals surface area contributed by atoms with Crippen LogP contribution in [-0.2, 0) is 19.1 Å². The highest BCUT2D eigenvalue weighted by Gasteiger charge is 3.04. The van der Waals surface area contributed by atoms with Crippen LogP contribution in [0, 0.1) is 0 Å². The SMILES string of the molecule is CCCCCCN(C(F)(F)C(F)(F)OP(=O)(O)O)S(=O)(=O)C1(F)C(F)(F)C(F)(F)C(F)(F)C(F)(F)C1(F)F. The summed E-state index contributed by atoms with van der Waals surface area (Å²) >= 11 is 0. The highest BCUT2D eigenvalue weighted by Crippen LogP contribution is 2.71. The summed E-state index contributed by atoms with van der Waals surface area (Å²) in [6.07, 6.45) is -9.05. The first-order valence-electron chi connectivity index (χ1n) is 9.52. The van der Waals surface area contributed by atoms with Gasteiger partial charge in [0, 0.05) is 6.54 Å². The molecular formula is C14H15F15NO6PS. The first-order valence-corrected chi connectivity index (χ1v) is 12.5. The first kappa shape index (κ1) is 35.0. The molecule has 228 valence electrons. The molecule has 0 aromatic heterocycles. The summed E-state index contributed by atoms with van der Waals surface area (Å²) in [5.74, 6) is -40.6. The fourth-order valence-corrected chi connectivity index (χ4v) is 5.51. The Kier molecular flexibility index (Phi) is 8.77. The van der Waals surface area contributed by atoms with Gasteiger partial charge in [-0.1, -0.05) is 26.2 Å². The predicted molar refractivity (Wildman–Crippen MR) is 91.4 cm³/mol. The van der Waals surface area contributed by atoms with Crippen LogP contribution in [0.25, 0.3) is 0 Å². The summed E-state index contributed by atoms with van der Waals surface area (Å²) in [4.78, 5) is 16.6. The van der Waals surface area contributed by atoms with Gasteiger partial charge in [0.05, 0.1) is 0 Å². The molecular weight excluding hydrogens is 626 g/mol. The van der Waals surface area contributed by atoms with E-state index in [-0.39, 0.29) is 12.8 Å². The number of sulfonamides is 1. The Morgan fingerprint density at radius 2 is 1.11 bits per heavy atom. The number of nitrogens with zero attached hydrogens (tertiary/aromatic N) is 1. The summed E-state index contributed by atoms with van der Waals surface area (Å²) < 4.78 is 245. The molecule has 1 rings (SSSR count). The molecule has 1 saturated carbocycles. The van der Waals surface area contributed by atoms with Gasteiger partial charge >= 0.3 is 54.6 Å². The van der Waals surface area contributed by atoms with Crippen molar-refractivity contribution in [2.45, 2.75) is 79.4 Å². The smallest absolute Gasteiger partial charge is 0.303 e. The van der Waals surface area contributed by atoms with Crippen LogP contribution in [0.5, 0.6) is 0 Å². The maximum atomic E-state index is 15.1. The van der Waals surface area contributed by atoms with Crippen LogP contribution in [0.2, 0.25) is 0 Å². The molecule has 1 fully saturated rings. The molecule has 1 aliphatic carbocycles. The molecule has 7 nitrogen and oxygen atoms in total. The van der Waals surface area contributed by atoms with Gasteiger partial charge in [0.2, 0.25) is 0 Å². The van der Waals surface area contributed by atoms with Crippen molar-refractivity contribution in [3.63, 3.8) is 0 Å². The van der Waals surface area contributed by atoms with Gasteiger partial charge in [-0.2, -0.15) is 61.5 Å². The van der Waals surface area contributed by atoms with Crippen molar-refractivity contribution in [3.8, 4) is 0 Å². The first-order chi connectivity index (χ1) is 16.4. The second kappa shape index (κ2) is 9.52. The standard InChI is InChI=1S/C14H15F15NO6PS/c1-2-3-4-5-6-30(13(26,27)14(28,29)36-37(31,32)33)38(34,35)12(25)10(21,22)8(17,18)7(15,16)9(19,20)11(12,23)24/h2-6H2,1H3,(H2,31,32,33). The lowest BCUT2D eigenvalue weighted by atomic mass is 9.80. The Labute approximate surface area is 202 Å². The number of rotatable bonds is 11. The molecule has 0 aromatic rings. The molecule has 0 atom stereocenters. The van der Waals surface area contributed by atoms with Crippen molar-refractivity contribution in [2.24, 2.45) is 0 Å². The summed E-state index contributed by atoms with van der Waals surface area (Å²) in [6, 6.07) is -7.19. The number of hydrogen-bond donors (Lipinski definition) is 2. The van der Waals surface area contributed by atoms with Gasteiger partial charge in [0.25, 0.3) is 10.0 Å². The van der Waals surface area contributed by atoms with Crippen LogP contribution in [0.1, 0.15) is 32.6 Å². The molecule has 0 bridgehead atoms. The topological polar surface area (TPSA) is 104 Å². The lowest BCUT2D eigenvalue weighted by Crippen LogP contribution is -2.86. The van der Waals surface area contributed by atoms with E-state index in [9.17, 15) is 74.4 Å². The van der Waals surface area contributed by atoms with Gasteiger partial charge in [-0.25, -0.2) is 21.9 Å². The number of halogens is 15. The monoisotopic (exact) mass is 641 g/mol.